The first kappa shape index (κ1) is 19.9. The van der Waals surface area contributed by atoms with Crippen LogP contribution in [-0.2, 0) is 22.6 Å². The second kappa shape index (κ2) is 8.63. The molecule has 158 valence electrons. The molecule has 1 unspecified atom stereocenters. The van der Waals surface area contributed by atoms with Crippen LogP contribution < -0.4 is 10.2 Å². The maximum Gasteiger partial charge on any atom is 0.248 e. The Kier molecular flexibility index (Phi) is 5.74. The zero-order valence-electron chi connectivity index (χ0n) is 17.0. The number of rotatable bonds is 4. The van der Waals surface area contributed by atoms with Gasteiger partial charge in [0.1, 0.15) is 6.04 Å². The van der Waals surface area contributed by atoms with Crippen molar-refractivity contribution >= 4 is 46.3 Å². The number of amides is 2. The summed E-state index contributed by atoms with van der Waals surface area (Å²) in [5.74, 6) is 1.53. The zero-order chi connectivity index (χ0) is 20.5. The highest BCUT2D eigenvalue weighted by Gasteiger charge is 2.38. The number of hydrogen-bond donors (Lipinski definition) is 1. The lowest BCUT2D eigenvalue weighted by atomic mass is 10.1. The van der Waals surface area contributed by atoms with E-state index in [1.54, 1.807) is 16.7 Å². The van der Waals surface area contributed by atoms with Crippen molar-refractivity contribution in [1.29, 1.82) is 0 Å². The van der Waals surface area contributed by atoms with Gasteiger partial charge in [-0.1, -0.05) is 12.8 Å². The predicted molar refractivity (Wildman–Crippen MR) is 124 cm³/mol. The molecule has 0 radical (unpaired) electrons. The van der Waals surface area contributed by atoms with Crippen LogP contribution in [0.3, 0.4) is 0 Å². The number of anilines is 2. The van der Waals surface area contributed by atoms with Crippen molar-refractivity contribution in [1.82, 2.24) is 4.90 Å². The molecule has 5 rings (SSSR count). The molecule has 1 aromatic carbocycles. The zero-order valence-corrected chi connectivity index (χ0v) is 18.6. The van der Waals surface area contributed by atoms with Crippen molar-refractivity contribution in [3.05, 3.63) is 46.2 Å². The van der Waals surface area contributed by atoms with E-state index in [0.29, 0.717) is 11.6 Å². The van der Waals surface area contributed by atoms with Crippen molar-refractivity contribution in [3.8, 4) is 0 Å². The summed E-state index contributed by atoms with van der Waals surface area (Å²) in [6.45, 7) is 1.97. The van der Waals surface area contributed by atoms with Gasteiger partial charge in [-0.3, -0.25) is 9.59 Å². The normalized spacial score (nSPS) is 21.7. The first-order valence-corrected chi connectivity index (χ1v) is 12.8. The average Bonchev–Trinajstić information content (AvgIpc) is 3.54. The molecule has 2 aliphatic heterocycles. The maximum atomic E-state index is 12.9. The number of fused-ring (bicyclic) bond motifs is 1. The van der Waals surface area contributed by atoms with Gasteiger partial charge in [-0.05, 0) is 60.5 Å². The molecule has 5 nitrogen and oxygen atoms in total. The lowest BCUT2D eigenvalue weighted by molar-refractivity contribution is -0.139. The van der Waals surface area contributed by atoms with E-state index in [-0.39, 0.29) is 23.8 Å². The molecule has 1 aromatic heterocycles. The van der Waals surface area contributed by atoms with Crippen LogP contribution in [0, 0.1) is 5.92 Å². The Hall–Kier alpha value is -1.99. The van der Waals surface area contributed by atoms with Crippen LogP contribution in [0.1, 0.15) is 36.1 Å². The number of nitrogens with zero attached hydrogens (tertiary/aromatic N) is 2. The third kappa shape index (κ3) is 3.97. The van der Waals surface area contributed by atoms with E-state index in [4.69, 9.17) is 0 Å². The summed E-state index contributed by atoms with van der Waals surface area (Å²) in [5, 5.41) is 5.21. The van der Waals surface area contributed by atoms with Gasteiger partial charge in [-0.15, -0.1) is 23.1 Å². The van der Waals surface area contributed by atoms with Crippen molar-refractivity contribution in [3.63, 3.8) is 0 Å². The summed E-state index contributed by atoms with van der Waals surface area (Å²) < 4.78 is 0. The van der Waals surface area contributed by atoms with Gasteiger partial charge >= 0.3 is 0 Å². The van der Waals surface area contributed by atoms with Gasteiger partial charge in [0, 0.05) is 41.0 Å². The first-order valence-electron chi connectivity index (χ1n) is 10.8. The van der Waals surface area contributed by atoms with E-state index in [1.165, 1.54) is 16.1 Å². The number of thiophene rings is 1. The monoisotopic (exact) mass is 441 g/mol. The Morgan fingerprint density at radius 1 is 1.07 bits per heavy atom. The lowest BCUT2D eigenvalue weighted by Gasteiger charge is -2.29. The van der Waals surface area contributed by atoms with Crippen molar-refractivity contribution < 1.29 is 9.59 Å². The quantitative estimate of drug-likeness (QED) is 0.767. The van der Waals surface area contributed by atoms with Crippen LogP contribution in [0.5, 0.6) is 0 Å². The van der Waals surface area contributed by atoms with Crippen molar-refractivity contribution in [2.75, 3.05) is 28.4 Å². The second-order valence-corrected chi connectivity index (χ2v) is 10.4. The summed E-state index contributed by atoms with van der Waals surface area (Å²) in [6.07, 6.45) is 5.30. The minimum Gasteiger partial charge on any atom is -0.367 e. The largest absolute Gasteiger partial charge is 0.367 e. The van der Waals surface area contributed by atoms with Crippen LogP contribution in [-0.4, -0.2) is 40.9 Å². The van der Waals surface area contributed by atoms with Crippen LogP contribution in [0.15, 0.2) is 35.7 Å². The third-order valence-corrected chi connectivity index (χ3v) is 8.52. The highest BCUT2D eigenvalue weighted by atomic mass is 32.2. The molecule has 2 amide bonds. The molecule has 0 bridgehead atoms. The third-order valence-electron chi connectivity index (χ3n) is 6.48. The Labute approximate surface area is 185 Å². The minimum atomic E-state index is -0.359. The van der Waals surface area contributed by atoms with E-state index in [9.17, 15) is 9.59 Å². The molecule has 1 saturated carbocycles. The van der Waals surface area contributed by atoms with Crippen LogP contribution in [0.2, 0.25) is 0 Å². The Morgan fingerprint density at radius 3 is 2.67 bits per heavy atom. The molecule has 2 aromatic rings. The van der Waals surface area contributed by atoms with Gasteiger partial charge in [0.2, 0.25) is 11.8 Å². The van der Waals surface area contributed by atoms with Gasteiger partial charge in [0.25, 0.3) is 0 Å². The Bertz CT molecular complexity index is 921. The summed E-state index contributed by atoms with van der Waals surface area (Å²) >= 11 is 3.52. The summed E-state index contributed by atoms with van der Waals surface area (Å²) in [5.41, 5.74) is 3.40. The molecular weight excluding hydrogens is 414 g/mol. The topological polar surface area (TPSA) is 52.7 Å². The SMILES string of the molecule is O=C(Nc1ccc(N2CCc3sccc3C2)cc1)C1CSCN1C(=O)C1CCCC1. The molecular formula is C23H27N3O2S2. The Morgan fingerprint density at radius 2 is 1.87 bits per heavy atom. The van der Waals surface area contributed by atoms with E-state index < -0.39 is 0 Å². The molecule has 30 heavy (non-hydrogen) atoms. The van der Waals surface area contributed by atoms with Gasteiger partial charge < -0.3 is 15.1 Å². The predicted octanol–water partition coefficient (Wildman–Crippen LogP) is 4.34. The maximum absolute atomic E-state index is 12.9. The van der Waals surface area contributed by atoms with E-state index in [0.717, 1.165) is 50.9 Å². The average molecular weight is 442 g/mol. The van der Waals surface area contributed by atoms with Crippen molar-refractivity contribution in [2.45, 2.75) is 44.7 Å². The molecule has 1 atom stereocenters. The number of thioether (sulfide) groups is 1. The van der Waals surface area contributed by atoms with E-state index >= 15 is 0 Å². The van der Waals surface area contributed by atoms with Crippen LogP contribution >= 0.6 is 23.1 Å². The highest BCUT2D eigenvalue weighted by molar-refractivity contribution is 7.99. The number of benzene rings is 1. The minimum absolute atomic E-state index is 0.0695. The number of carbonyl (C=O) groups is 2. The molecule has 1 saturated heterocycles. The van der Waals surface area contributed by atoms with Gasteiger partial charge in [0.15, 0.2) is 0 Å². The standard InChI is InChI=1S/C23H27N3O2S2/c27-22(20-14-29-15-26(20)23(28)16-3-1-2-4-16)24-18-5-7-19(8-6-18)25-11-9-21-17(13-25)10-12-30-21/h5-8,10,12,16,20H,1-4,9,11,13-15H2,(H,24,27). The summed E-state index contributed by atoms with van der Waals surface area (Å²) in [6, 6.07) is 9.97. The molecule has 7 heteroatoms. The van der Waals surface area contributed by atoms with Crippen LogP contribution in [0.4, 0.5) is 11.4 Å². The fourth-order valence-electron chi connectivity index (χ4n) is 4.73. The number of carbonyl (C=O) groups excluding carboxylic acids is 2. The van der Waals surface area contributed by atoms with E-state index in [2.05, 4.69) is 33.8 Å². The molecule has 3 heterocycles. The molecule has 2 fully saturated rings. The van der Waals surface area contributed by atoms with Gasteiger partial charge in [-0.25, -0.2) is 0 Å². The highest BCUT2D eigenvalue weighted by Crippen LogP contribution is 2.32. The fraction of sp³-hybridized carbons (Fsp3) is 0.478. The van der Waals surface area contributed by atoms with E-state index in [1.807, 2.05) is 23.5 Å². The fourth-order valence-corrected chi connectivity index (χ4v) is 6.79. The molecule has 1 aliphatic carbocycles. The first-order chi connectivity index (χ1) is 14.7. The molecule has 3 aliphatic rings. The Balaban J connectivity index is 1.21. The number of hydrogen-bond acceptors (Lipinski definition) is 5. The summed E-state index contributed by atoms with van der Waals surface area (Å²) in [4.78, 5) is 31.4. The second-order valence-electron chi connectivity index (χ2n) is 8.38. The smallest absolute Gasteiger partial charge is 0.248 e. The van der Waals surface area contributed by atoms with Crippen molar-refractivity contribution in [2.24, 2.45) is 5.92 Å². The molecule has 1 N–H and O–H groups in total. The van der Waals surface area contributed by atoms with Crippen LogP contribution in [0.25, 0.3) is 0 Å². The summed E-state index contributed by atoms with van der Waals surface area (Å²) in [7, 11) is 0. The molecule has 0 spiro atoms. The van der Waals surface area contributed by atoms with Gasteiger partial charge in [-0.2, -0.15) is 0 Å². The number of nitrogens with one attached hydrogen (secondary N) is 1. The van der Waals surface area contributed by atoms with Gasteiger partial charge in [0.05, 0.1) is 5.88 Å². The lowest BCUT2D eigenvalue weighted by Crippen LogP contribution is -2.46.